The van der Waals surface area contributed by atoms with Crippen LogP contribution < -0.4 is 19.3 Å². The van der Waals surface area contributed by atoms with Crippen molar-refractivity contribution in [3.63, 3.8) is 0 Å². The van der Waals surface area contributed by atoms with Gasteiger partial charge in [-0.05, 0) is 24.3 Å². The summed E-state index contributed by atoms with van der Waals surface area (Å²) >= 11 is 0. The summed E-state index contributed by atoms with van der Waals surface area (Å²) in [7, 11) is 3.32. The van der Waals surface area contributed by atoms with Crippen LogP contribution in [0.25, 0.3) is 0 Å². The predicted molar refractivity (Wildman–Crippen MR) is 88.4 cm³/mol. The minimum absolute atomic E-state index is 0.381. The monoisotopic (exact) mass is 312 g/mol. The van der Waals surface area contributed by atoms with Crippen molar-refractivity contribution >= 4 is 11.6 Å². The molecule has 0 N–H and O–H groups in total. The summed E-state index contributed by atoms with van der Waals surface area (Å²) in [6.07, 6.45) is 1.75. The molecule has 0 bridgehead atoms. The Labute approximate surface area is 135 Å². The lowest BCUT2D eigenvalue weighted by Gasteiger charge is -2.60. The van der Waals surface area contributed by atoms with Crippen molar-refractivity contribution in [3.8, 4) is 11.6 Å². The van der Waals surface area contributed by atoms with E-state index in [9.17, 15) is 0 Å². The molecule has 0 aliphatic carbocycles. The average Bonchev–Trinajstić information content (AvgIpc) is 2.53. The van der Waals surface area contributed by atoms with Crippen LogP contribution in [0.1, 0.15) is 0 Å². The van der Waals surface area contributed by atoms with Crippen LogP contribution in [-0.4, -0.2) is 50.4 Å². The summed E-state index contributed by atoms with van der Waals surface area (Å²) in [6, 6.07) is 10.0. The molecule has 0 radical (unpaired) electrons. The molecule has 1 spiro atoms. The zero-order chi connectivity index (χ0) is 15.9. The lowest BCUT2D eigenvalue weighted by molar-refractivity contribution is 0.154. The molecule has 0 amide bonds. The van der Waals surface area contributed by atoms with Crippen molar-refractivity contribution in [3.05, 3.63) is 36.5 Å². The number of rotatable bonds is 4. The van der Waals surface area contributed by atoms with Gasteiger partial charge in [0.1, 0.15) is 5.75 Å². The average molecular weight is 312 g/mol. The van der Waals surface area contributed by atoms with E-state index in [4.69, 9.17) is 9.47 Å². The maximum atomic E-state index is 5.21. The minimum Gasteiger partial charge on any atom is -0.497 e. The molecule has 2 saturated heterocycles. The van der Waals surface area contributed by atoms with Gasteiger partial charge >= 0.3 is 0 Å². The van der Waals surface area contributed by atoms with E-state index in [0.717, 1.165) is 37.9 Å². The summed E-state index contributed by atoms with van der Waals surface area (Å²) in [5, 5.41) is 0. The smallest absolute Gasteiger partial charge is 0.228 e. The molecule has 1 aromatic heterocycles. The van der Waals surface area contributed by atoms with Crippen LogP contribution in [0.2, 0.25) is 0 Å². The number of hydrogen-bond donors (Lipinski definition) is 0. The highest BCUT2D eigenvalue weighted by Gasteiger charge is 2.52. The number of anilines is 2. The van der Waals surface area contributed by atoms with Gasteiger partial charge in [0.15, 0.2) is 0 Å². The molecular formula is C17H20N4O2. The molecule has 3 heterocycles. The predicted octanol–water partition coefficient (Wildman–Crippen LogP) is 1.82. The Morgan fingerprint density at radius 3 is 2.26 bits per heavy atom. The molecule has 2 aliphatic heterocycles. The highest BCUT2D eigenvalue weighted by molar-refractivity contribution is 5.54. The number of ether oxygens (including phenoxy) is 2. The second kappa shape index (κ2) is 5.30. The van der Waals surface area contributed by atoms with Gasteiger partial charge in [-0.15, -0.1) is 0 Å². The van der Waals surface area contributed by atoms with E-state index in [0.29, 0.717) is 11.3 Å². The Bertz CT molecular complexity index is 690. The molecule has 23 heavy (non-hydrogen) atoms. The summed E-state index contributed by atoms with van der Waals surface area (Å²) < 4.78 is 10.4. The van der Waals surface area contributed by atoms with Gasteiger partial charge in [-0.1, -0.05) is 0 Å². The Kier molecular flexibility index (Phi) is 3.25. The van der Waals surface area contributed by atoms with E-state index in [2.05, 4.69) is 31.9 Å². The van der Waals surface area contributed by atoms with E-state index >= 15 is 0 Å². The normalized spacial score (nSPS) is 18.3. The topological polar surface area (TPSA) is 50.7 Å². The quantitative estimate of drug-likeness (QED) is 0.858. The highest BCUT2D eigenvalue weighted by atomic mass is 16.5. The van der Waals surface area contributed by atoms with Gasteiger partial charge in [-0.25, -0.2) is 4.98 Å². The molecule has 0 unspecified atom stereocenters. The Hall–Kier alpha value is -2.50. The van der Waals surface area contributed by atoms with Gasteiger partial charge in [0.2, 0.25) is 11.8 Å². The molecule has 1 aromatic carbocycles. The van der Waals surface area contributed by atoms with E-state index in [1.807, 2.05) is 12.1 Å². The second-order valence-corrected chi connectivity index (χ2v) is 6.31. The van der Waals surface area contributed by atoms with Crippen molar-refractivity contribution in [2.24, 2.45) is 5.41 Å². The standard InChI is InChI=1S/C17H20N4O2/c1-22-14-5-3-13(4-6-14)20-9-17(10-20)11-21(12-17)16-18-8-7-15(19-16)23-2/h3-8H,9-12H2,1-2H3. The third kappa shape index (κ3) is 2.44. The number of benzene rings is 1. The van der Waals surface area contributed by atoms with E-state index < -0.39 is 0 Å². The van der Waals surface area contributed by atoms with Crippen LogP contribution >= 0.6 is 0 Å². The van der Waals surface area contributed by atoms with Crippen LogP contribution in [0.4, 0.5) is 11.6 Å². The van der Waals surface area contributed by atoms with Crippen LogP contribution in [0.5, 0.6) is 11.6 Å². The minimum atomic E-state index is 0.381. The molecule has 120 valence electrons. The van der Waals surface area contributed by atoms with E-state index in [-0.39, 0.29) is 0 Å². The molecule has 2 aliphatic rings. The van der Waals surface area contributed by atoms with Crippen molar-refractivity contribution in [1.82, 2.24) is 9.97 Å². The first-order chi connectivity index (χ1) is 11.2. The Morgan fingerprint density at radius 2 is 1.61 bits per heavy atom. The second-order valence-electron chi connectivity index (χ2n) is 6.31. The van der Waals surface area contributed by atoms with Gasteiger partial charge in [-0.3, -0.25) is 0 Å². The third-order valence-corrected chi connectivity index (χ3v) is 4.65. The van der Waals surface area contributed by atoms with Gasteiger partial charge < -0.3 is 19.3 Å². The molecule has 4 rings (SSSR count). The first-order valence-electron chi connectivity index (χ1n) is 7.72. The van der Waals surface area contributed by atoms with Gasteiger partial charge in [0.25, 0.3) is 0 Å². The lowest BCUT2D eigenvalue weighted by Crippen LogP contribution is -2.72. The highest BCUT2D eigenvalue weighted by Crippen LogP contribution is 2.43. The maximum absolute atomic E-state index is 5.21. The molecule has 2 fully saturated rings. The van der Waals surface area contributed by atoms with Gasteiger partial charge in [0.05, 0.1) is 14.2 Å². The van der Waals surface area contributed by atoms with Gasteiger partial charge in [-0.2, -0.15) is 4.98 Å². The van der Waals surface area contributed by atoms with E-state index in [1.54, 1.807) is 26.5 Å². The van der Waals surface area contributed by atoms with Crippen molar-refractivity contribution in [2.45, 2.75) is 0 Å². The fourth-order valence-electron chi connectivity index (χ4n) is 3.44. The molecule has 0 atom stereocenters. The fraction of sp³-hybridized carbons (Fsp3) is 0.412. The SMILES string of the molecule is COc1ccc(N2CC3(C2)CN(c2nccc(OC)n2)C3)cc1. The number of nitrogens with zero attached hydrogens (tertiary/aromatic N) is 4. The van der Waals surface area contributed by atoms with Gasteiger partial charge in [0, 0.05) is 49.5 Å². The molecule has 6 heteroatoms. The molecule has 6 nitrogen and oxygen atoms in total. The fourth-order valence-corrected chi connectivity index (χ4v) is 3.44. The van der Waals surface area contributed by atoms with Crippen LogP contribution in [0.15, 0.2) is 36.5 Å². The molecule has 0 saturated carbocycles. The van der Waals surface area contributed by atoms with Crippen LogP contribution in [0, 0.1) is 5.41 Å². The number of methoxy groups -OCH3 is 2. The zero-order valence-corrected chi connectivity index (χ0v) is 13.4. The van der Waals surface area contributed by atoms with E-state index in [1.165, 1.54) is 5.69 Å². The van der Waals surface area contributed by atoms with Crippen LogP contribution in [0.3, 0.4) is 0 Å². The summed E-state index contributed by atoms with van der Waals surface area (Å²) in [4.78, 5) is 13.4. The first kappa shape index (κ1) is 14.1. The van der Waals surface area contributed by atoms with Crippen molar-refractivity contribution < 1.29 is 9.47 Å². The molecular weight excluding hydrogens is 292 g/mol. The Balaban J connectivity index is 1.35. The maximum Gasteiger partial charge on any atom is 0.228 e. The number of hydrogen-bond acceptors (Lipinski definition) is 6. The third-order valence-electron chi connectivity index (χ3n) is 4.65. The van der Waals surface area contributed by atoms with Crippen molar-refractivity contribution in [1.29, 1.82) is 0 Å². The Morgan fingerprint density at radius 1 is 0.913 bits per heavy atom. The lowest BCUT2D eigenvalue weighted by atomic mass is 9.73. The summed E-state index contributed by atoms with van der Waals surface area (Å²) in [5.74, 6) is 2.27. The molecule has 2 aromatic rings. The largest absolute Gasteiger partial charge is 0.497 e. The van der Waals surface area contributed by atoms with Crippen LogP contribution in [-0.2, 0) is 0 Å². The zero-order valence-electron chi connectivity index (χ0n) is 13.4. The summed E-state index contributed by atoms with van der Waals surface area (Å²) in [6.45, 7) is 4.18. The first-order valence-corrected chi connectivity index (χ1v) is 7.72. The van der Waals surface area contributed by atoms with Crippen molar-refractivity contribution in [2.75, 3.05) is 50.2 Å². The summed E-state index contributed by atoms with van der Waals surface area (Å²) in [5.41, 5.74) is 1.64. The number of aromatic nitrogens is 2.